The Morgan fingerprint density at radius 1 is 1.44 bits per heavy atom. The van der Waals surface area contributed by atoms with Crippen LogP contribution in [0.2, 0.25) is 0 Å². The predicted octanol–water partition coefficient (Wildman–Crippen LogP) is 2.27. The average Bonchev–Trinajstić information content (AvgIpc) is 2.90. The van der Waals surface area contributed by atoms with E-state index in [4.69, 9.17) is 10.00 Å². The molecule has 1 N–H and O–H groups in total. The van der Waals surface area contributed by atoms with Gasteiger partial charge in [0.1, 0.15) is 0 Å². The Morgan fingerprint density at radius 2 is 2.26 bits per heavy atom. The van der Waals surface area contributed by atoms with Crippen LogP contribution in [0.4, 0.5) is 19.1 Å². The highest BCUT2D eigenvalue weighted by Crippen LogP contribution is 2.74. The van der Waals surface area contributed by atoms with Crippen molar-refractivity contribution in [3.63, 3.8) is 0 Å². The summed E-state index contributed by atoms with van der Waals surface area (Å²) in [4.78, 5) is 6.14. The fourth-order valence-corrected chi connectivity index (χ4v) is 4.75. The zero-order valence-corrected chi connectivity index (χ0v) is 14.4. The number of fused-ring (bicyclic) bond motifs is 1. The van der Waals surface area contributed by atoms with Crippen molar-refractivity contribution < 1.29 is 17.9 Å². The Balaban J connectivity index is 1.36. The van der Waals surface area contributed by atoms with Crippen molar-refractivity contribution in [3.8, 4) is 11.9 Å². The van der Waals surface area contributed by atoms with Crippen LogP contribution in [0.25, 0.3) is 5.65 Å². The zero-order chi connectivity index (χ0) is 19.0. The molecule has 5 atom stereocenters. The summed E-state index contributed by atoms with van der Waals surface area (Å²) in [6.45, 7) is 2.51. The van der Waals surface area contributed by atoms with Gasteiger partial charge >= 0.3 is 6.18 Å². The normalized spacial score (nSPS) is 32.3. The Hall–Kier alpha value is -2.70. The maximum atomic E-state index is 12.8. The van der Waals surface area contributed by atoms with Gasteiger partial charge in [-0.15, -0.1) is 5.10 Å². The number of halogens is 3. The van der Waals surface area contributed by atoms with Gasteiger partial charge in [0.2, 0.25) is 5.95 Å². The summed E-state index contributed by atoms with van der Waals surface area (Å²) in [5, 5.41) is 16.8. The number of hydrogen-bond acceptors (Lipinski definition) is 6. The SMILES string of the molecule is CC(Oc1cccn2nc(N[C@H]3[C@@H]4CN(C#N)CC45C[C@@H]35)nc12)C(F)(F)F. The van der Waals surface area contributed by atoms with E-state index in [1.165, 1.54) is 10.6 Å². The van der Waals surface area contributed by atoms with Gasteiger partial charge < -0.3 is 15.0 Å². The molecule has 2 unspecified atom stereocenters. The molecule has 27 heavy (non-hydrogen) atoms. The van der Waals surface area contributed by atoms with E-state index in [-0.39, 0.29) is 22.9 Å². The molecule has 2 aromatic heterocycles. The topological polar surface area (TPSA) is 78.5 Å². The van der Waals surface area contributed by atoms with Crippen molar-refractivity contribution in [2.45, 2.75) is 31.7 Å². The van der Waals surface area contributed by atoms with Crippen LogP contribution in [0, 0.1) is 28.7 Å². The second kappa shape index (κ2) is 5.18. The fraction of sp³-hybridized carbons (Fsp3) is 0.588. The minimum atomic E-state index is -4.45. The third-order valence-electron chi connectivity index (χ3n) is 6.21. The number of ether oxygens (including phenoxy) is 1. The molecule has 0 bridgehead atoms. The van der Waals surface area contributed by atoms with Gasteiger partial charge in [0.25, 0.3) is 0 Å². The van der Waals surface area contributed by atoms with Gasteiger partial charge in [-0.3, -0.25) is 0 Å². The van der Waals surface area contributed by atoms with Crippen molar-refractivity contribution in [1.29, 1.82) is 5.26 Å². The van der Waals surface area contributed by atoms with Crippen LogP contribution in [0.1, 0.15) is 13.3 Å². The second-order valence-electron chi connectivity index (χ2n) is 7.68. The maximum Gasteiger partial charge on any atom is 0.425 e. The lowest BCUT2D eigenvalue weighted by molar-refractivity contribution is -0.189. The largest absolute Gasteiger partial charge is 0.477 e. The summed E-state index contributed by atoms with van der Waals surface area (Å²) >= 11 is 0. The molecule has 2 aliphatic carbocycles. The van der Waals surface area contributed by atoms with E-state index in [9.17, 15) is 13.2 Å². The summed E-state index contributed by atoms with van der Waals surface area (Å²) in [7, 11) is 0. The molecule has 0 aromatic carbocycles. The first-order valence-corrected chi connectivity index (χ1v) is 8.82. The van der Waals surface area contributed by atoms with E-state index in [1.807, 2.05) is 0 Å². The highest BCUT2D eigenvalue weighted by Gasteiger charge is 2.76. The third kappa shape index (κ3) is 2.33. The Labute approximate surface area is 152 Å². The van der Waals surface area contributed by atoms with E-state index in [0.717, 1.165) is 26.4 Å². The minimum absolute atomic E-state index is 0.0359. The molecule has 1 saturated heterocycles. The quantitative estimate of drug-likeness (QED) is 0.823. The molecule has 0 amide bonds. The molecular formula is C17H17F3N6O. The van der Waals surface area contributed by atoms with Crippen molar-refractivity contribution in [2.75, 3.05) is 18.4 Å². The van der Waals surface area contributed by atoms with Crippen LogP contribution in [0.15, 0.2) is 18.3 Å². The predicted molar refractivity (Wildman–Crippen MR) is 87.8 cm³/mol. The monoisotopic (exact) mass is 378 g/mol. The smallest absolute Gasteiger partial charge is 0.425 e. The minimum Gasteiger partial charge on any atom is -0.477 e. The number of anilines is 1. The highest BCUT2D eigenvalue weighted by molar-refractivity contribution is 5.56. The molecule has 7 nitrogen and oxygen atoms in total. The second-order valence-corrected chi connectivity index (χ2v) is 7.68. The first kappa shape index (κ1) is 16.5. The number of aromatic nitrogens is 3. The average molecular weight is 378 g/mol. The van der Waals surface area contributed by atoms with Crippen LogP contribution in [0.5, 0.6) is 5.75 Å². The highest BCUT2D eigenvalue weighted by atomic mass is 19.4. The lowest BCUT2D eigenvalue weighted by Gasteiger charge is -2.38. The van der Waals surface area contributed by atoms with E-state index < -0.39 is 12.3 Å². The number of nitrogens with one attached hydrogen (secondary N) is 1. The standard InChI is InChI=1S/C17H17F3N6O/c1-9(17(18,19)20)27-12-3-2-4-26-14(12)23-15(24-26)22-13-10-5-16(10)7-25(8-21)6-11(13)16/h2-4,9-11,13H,5-7H2,1H3,(H,22,24)/t9?,10-,11-,13+,16?/m0/s1. The fourth-order valence-electron chi connectivity index (χ4n) is 4.75. The van der Waals surface area contributed by atoms with E-state index in [0.29, 0.717) is 17.8 Å². The number of rotatable bonds is 4. The molecule has 2 saturated carbocycles. The Morgan fingerprint density at radius 3 is 3.00 bits per heavy atom. The summed E-state index contributed by atoms with van der Waals surface area (Å²) in [6, 6.07) is 3.22. The molecule has 3 fully saturated rings. The van der Waals surface area contributed by atoms with Crippen LogP contribution in [-0.4, -0.2) is 50.9 Å². The molecule has 0 radical (unpaired) electrons. The van der Waals surface area contributed by atoms with E-state index in [1.54, 1.807) is 17.2 Å². The van der Waals surface area contributed by atoms with E-state index in [2.05, 4.69) is 21.6 Å². The molecule has 1 spiro atoms. The summed E-state index contributed by atoms with van der Waals surface area (Å²) in [6.07, 6.45) is -1.46. The number of alkyl halides is 3. The Bertz CT molecular complexity index is 952. The van der Waals surface area contributed by atoms with Crippen LogP contribution < -0.4 is 10.1 Å². The summed E-state index contributed by atoms with van der Waals surface area (Å²) in [5.41, 5.74) is 0.505. The van der Waals surface area contributed by atoms with Gasteiger partial charge in [-0.1, -0.05) is 0 Å². The van der Waals surface area contributed by atoms with Crippen molar-refractivity contribution in [3.05, 3.63) is 18.3 Å². The molecular weight excluding hydrogens is 361 g/mol. The molecule has 1 aliphatic heterocycles. The van der Waals surface area contributed by atoms with E-state index >= 15 is 0 Å². The van der Waals surface area contributed by atoms with Gasteiger partial charge in [0, 0.05) is 36.7 Å². The lowest BCUT2D eigenvalue weighted by Crippen LogP contribution is -2.47. The van der Waals surface area contributed by atoms with Gasteiger partial charge in [-0.05, 0) is 31.4 Å². The molecule has 3 aliphatic rings. The Kier molecular flexibility index (Phi) is 3.16. The van der Waals surface area contributed by atoms with Gasteiger partial charge in [0.05, 0.1) is 0 Å². The number of nitrogens with zero attached hydrogens (tertiary/aromatic N) is 5. The molecule has 10 heteroatoms. The number of hydrogen-bond donors (Lipinski definition) is 1. The van der Waals surface area contributed by atoms with Crippen LogP contribution >= 0.6 is 0 Å². The number of pyridine rings is 1. The van der Waals surface area contributed by atoms with Crippen molar-refractivity contribution in [1.82, 2.24) is 19.5 Å². The van der Waals surface area contributed by atoms with Gasteiger partial charge in [-0.2, -0.15) is 23.4 Å². The summed E-state index contributed by atoms with van der Waals surface area (Å²) < 4.78 is 44.8. The first-order valence-electron chi connectivity index (χ1n) is 8.82. The van der Waals surface area contributed by atoms with Crippen molar-refractivity contribution >= 4 is 11.6 Å². The number of likely N-dealkylation sites (tertiary alicyclic amines) is 1. The van der Waals surface area contributed by atoms with Crippen LogP contribution in [0.3, 0.4) is 0 Å². The van der Waals surface area contributed by atoms with Crippen molar-refractivity contribution in [2.24, 2.45) is 17.3 Å². The van der Waals surface area contributed by atoms with Gasteiger partial charge in [-0.25, -0.2) is 4.52 Å². The molecule has 2 aromatic rings. The maximum absolute atomic E-state index is 12.8. The summed E-state index contributed by atoms with van der Waals surface area (Å²) in [5.74, 6) is 1.29. The first-order chi connectivity index (χ1) is 12.8. The third-order valence-corrected chi connectivity index (χ3v) is 6.21. The zero-order valence-electron chi connectivity index (χ0n) is 14.4. The number of nitriles is 1. The lowest BCUT2D eigenvalue weighted by atomic mass is 9.71. The molecule has 3 heterocycles. The molecule has 5 rings (SSSR count). The van der Waals surface area contributed by atoms with Crippen LogP contribution in [-0.2, 0) is 0 Å². The molecule has 142 valence electrons. The van der Waals surface area contributed by atoms with Gasteiger partial charge in [0.15, 0.2) is 23.7 Å².